The highest BCUT2D eigenvalue weighted by atomic mass is 16.2. The van der Waals surface area contributed by atoms with E-state index in [1.807, 2.05) is 48.5 Å². The zero-order valence-electron chi connectivity index (χ0n) is 12.8. The molecule has 0 aromatic heterocycles. The predicted octanol–water partition coefficient (Wildman–Crippen LogP) is 4.19. The van der Waals surface area contributed by atoms with Gasteiger partial charge in [0.1, 0.15) is 6.04 Å². The summed E-state index contributed by atoms with van der Waals surface area (Å²) in [5.74, 6) is -0.0931. The van der Waals surface area contributed by atoms with Gasteiger partial charge in [0, 0.05) is 12.1 Å². The minimum Gasteiger partial charge on any atom is -0.319 e. The number of hydrogen-bond donors (Lipinski definition) is 0. The Labute approximate surface area is 131 Å². The third kappa shape index (κ3) is 3.73. The Morgan fingerprint density at radius 1 is 1.09 bits per heavy atom. The Morgan fingerprint density at radius 2 is 1.68 bits per heavy atom. The Hall–Kier alpha value is -2.60. The number of rotatable bonds is 6. The van der Waals surface area contributed by atoms with E-state index in [-0.39, 0.29) is 5.91 Å². The zero-order valence-corrected chi connectivity index (χ0v) is 12.8. The number of hydrogen-bond acceptors (Lipinski definition) is 2. The molecule has 1 atom stereocenters. The van der Waals surface area contributed by atoms with Gasteiger partial charge in [0.2, 0.25) is 0 Å². The molecule has 2 aromatic carbocycles. The molecule has 1 amide bonds. The lowest BCUT2D eigenvalue weighted by Gasteiger charge is -2.27. The van der Waals surface area contributed by atoms with Crippen LogP contribution in [0.4, 0.5) is 0 Å². The van der Waals surface area contributed by atoms with Gasteiger partial charge in [-0.1, -0.05) is 61.9 Å². The van der Waals surface area contributed by atoms with Crippen LogP contribution in [0.2, 0.25) is 0 Å². The van der Waals surface area contributed by atoms with Gasteiger partial charge in [0.05, 0.1) is 6.07 Å². The normalized spacial score (nSPS) is 11.5. The van der Waals surface area contributed by atoms with Crippen LogP contribution in [0.1, 0.15) is 41.7 Å². The molecule has 0 aliphatic heterocycles. The number of amides is 1. The van der Waals surface area contributed by atoms with Crippen molar-refractivity contribution < 1.29 is 4.79 Å². The number of benzene rings is 2. The first kappa shape index (κ1) is 15.8. The average Bonchev–Trinajstić information content (AvgIpc) is 2.59. The average molecular weight is 292 g/mol. The molecule has 0 aliphatic rings. The van der Waals surface area contributed by atoms with Crippen molar-refractivity contribution in [2.24, 2.45) is 0 Å². The molecule has 0 radical (unpaired) electrons. The van der Waals surface area contributed by atoms with E-state index in [0.717, 1.165) is 18.4 Å². The van der Waals surface area contributed by atoms with Crippen LogP contribution in [0.15, 0.2) is 60.7 Å². The monoisotopic (exact) mass is 292 g/mol. The van der Waals surface area contributed by atoms with E-state index in [0.29, 0.717) is 12.1 Å². The van der Waals surface area contributed by atoms with Gasteiger partial charge in [0.15, 0.2) is 0 Å². The van der Waals surface area contributed by atoms with Gasteiger partial charge >= 0.3 is 0 Å². The molecule has 0 bridgehead atoms. The van der Waals surface area contributed by atoms with Crippen LogP contribution in [0, 0.1) is 11.3 Å². The van der Waals surface area contributed by atoms with Gasteiger partial charge in [-0.2, -0.15) is 5.26 Å². The summed E-state index contributed by atoms with van der Waals surface area (Å²) >= 11 is 0. The van der Waals surface area contributed by atoms with Crippen molar-refractivity contribution in [3.8, 4) is 6.07 Å². The molecule has 3 nitrogen and oxygen atoms in total. The number of carbonyl (C=O) groups is 1. The minimum atomic E-state index is -0.555. The summed E-state index contributed by atoms with van der Waals surface area (Å²) in [7, 11) is 0. The number of carbonyl (C=O) groups excluding carboxylic acids is 1. The first-order valence-electron chi connectivity index (χ1n) is 7.58. The summed E-state index contributed by atoms with van der Waals surface area (Å²) < 4.78 is 0. The molecule has 0 N–H and O–H groups in total. The summed E-state index contributed by atoms with van der Waals surface area (Å²) in [5.41, 5.74) is 1.47. The third-order valence-corrected chi connectivity index (χ3v) is 3.58. The molecule has 0 aliphatic carbocycles. The van der Waals surface area contributed by atoms with Crippen molar-refractivity contribution in [3.05, 3.63) is 71.8 Å². The Kier molecular flexibility index (Phi) is 5.73. The van der Waals surface area contributed by atoms with Crippen molar-refractivity contribution >= 4 is 5.91 Å². The highest BCUT2D eigenvalue weighted by molar-refractivity contribution is 5.94. The molecule has 0 saturated heterocycles. The fourth-order valence-electron chi connectivity index (χ4n) is 2.38. The standard InChI is InChI=1S/C19H20N2O/c1-2-3-14-21(19(22)17-12-8-5-9-13-17)18(15-20)16-10-6-4-7-11-16/h4-13,18H,2-3,14H2,1H3. The molecular weight excluding hydrogens is 272 g/mol. The van der Waals surface area contributed by atoms with Crippen molar-refractivity contribution in [3.63, 3.8) is 0 Å². The summed E-state index contributed by atoms with van der Waals surface area (Å²) in [6.07, 6.45) is 1.86. The molecule has 0 heterocycles. The number of nitrogens with zero attached hydrogens (tertiary/aromatic N) is 2. The maximum Gasteiger partial charge on any atom is 0.255 e. The van der Waals surface area contributed by atoms with Gasteiger partial charge in [-0.15, -0.1) is 0 Å². The van der Waals surface area contributed by atoms with Crippen molar-refractivity contribution in [2.75, 3.05) is 6.54 Å². The van der Waals surface area contributed by atoms with Gasteiger partial charge < -0.3 is 4.90 Å². The molecule has 0 spiro atoms. The van der Waals surface area contributed by atoms with E-state index in [1.165, 1.54) is 0 Å². The van der Waals surface area contributed by atoms with Crippen LogP contribution in [0.25, 0.3) is 0 Å². The maximum absolute atomic E-state index is 12.8. The molecule has 1 unspecified atom stereocenters. The van der Waals surface area contributed by atoms with E-state index >= 15 is 0 Å². The molecule has 2 rings (SSSR count). The minimum absolute atomic E-state index is 0.0931. The van der Waals surface area contributed by atoms with E-state index in [2.05, 4.69) is 13.0 Å². The Morgan fingerprint density at radius 3 is 2.23 bits per heavy atom. The number of nitriles is 1. The van der Waals surface area contributed by atoms with Crippen LogP contribution < -0.4 is 0 Å². The number of unbranched alkanes of at least 4 members (excludes halogenated alkanes) is 1. The SMILES string of the molecule is CCCCN(C(=O)c1ccccc1)C(C#N)c1ccccc1. The lowest BCUT2D eigenvalue weighted by molar-refractivity contribution is 0.0714. The summed E-state index contributed by atoms with van der Waals surface area (Å²) in [4.78, 5) is 14.5. The predicted molar refractivity (Wildman–Crippen MR) is 87.2 cm³/mol. The topological polar surface area (TPSA) is 44.1 Å². The fourth-order valence-corrected chi connectivity index (χ4v) is 2.38. The van der Waals surface area contributed by atoms with Gasteiger partial charge in [-0.3, -0.25) is 4.79 Å². The summed E-state index contributed by atoms with van der Waals surface area (Å²) in [6.45, 7) is 2.66. The van der Waals surface area contributed by atoms with Gasteiger partial charge in [-0.25, -0.2) is 0 Å². The largest absolute Gasteiger partial charge is 0.319 e. The van der Waals surface area contributed by atoms with Crippen LogP contribution in [-0.2, 0) is 0 Å². The van der Waals surface area contributed by atoms with Crippen molar-refractivity contribution in [1.29, 1.82) is 5.26 Å². The van der Waals surface area contributed by atoms with Crippen molar-refractivity contribution in [2.45, 2.75) is 25.8 Å². The lowest BCUT2D eigenvalue weighted by atomic mass is 10.0. The highest BCUT2D eigenvalue weighted by Gasteiger charge is 2.25. The molecule has 2 aromatic rings. The van der Waals surface area contributed by atoms with Crippen LogP contribution in [0.3, 0.4) is 0 Å². The third-order valence-electron chi connectivity index (χ3n) is 3.58. The fraction of sp³-hybridized carbons (Fsp3) is 0.263. The second-order valence-corrected chi connectivity index (χ2v) is 5.16. The smallest absolute Gasteiger partial charge is 0.255 e. The summed E-state index contributed by atoms with van der Waals surface area (Å²) in [6, 6.07) is 20.4. The van der Waals surface area contributed by atoms with Crippen LogP contribution in [0.5, 0.6) is 0 Å². The van der Waals surface area contributed by atoms with E-state index < -0.39 is 6.04 Å². The first-order chi connectivity index (χ1) is 10.8. The van der Waals surface area contributed by atoms with Crippen LogP contribution >= 0.6 is 0 Å². The first-order valence-corrected chi connectivity index (χ1v) is 7.58. The maximum atomic E-state index is 12.8. The molecule has 112 valence electrons. The van der Waals surface area contributed by atoms with Crippen LogP contribution in [-0.4, -0.2) is 17.4 Å². The highest BCUT2D eigenvalue weighted by Crippen LogP contribution is 2.22. The zero-order chi connectivity index (χ0) is 15.8. The molecule has 3 heteroatoms. The second-order valence-electron chi connectivity index (χ2n) is 5.16. The molecule has 22 heavy (non-hydrogen) atoms. The molecular formula is C19H20N2O. The van der Waals surface area contributed by atoms with E-state index in [4.69, 9.17) is 0 Å². The summed E-state index contributed by atoms with van der Waals surface area (Å²) in [5, 5.41) is 9.60. The Balaban J connectivity index is 2.32. The quantitative estimate of drug-likeness (QED) is 0.801. The molecule has 0 fully saturated rings. The van der Waals surface area contributed by atoms with E-state index in [9.17, 15) is 10.1 Å². The second kappa shape index (κ2) is 7.99. The molecule has 0 saturated carbocycles. The Bertz CT molecular complexity index is 631. The lowest BCUT2D eigenvalue weighted by Crippen LogP contribution is -2.35. The van der Waals surface area contributed by atoms with Gasteiger partial charge in [-0.05, 0) is 24.1 Å². The van der Waals surface area contributed by atoms with Gasteiger partial charge in [0.25, 0.3) is 5.91 Å². The van der Waals surface area contributed by atoms with Crippen molar-refractivity contribution in [1.82, 2.24) is 4.90 Å². The van der Waals surface area contributed by atoms with E-state index in [1.54, 1.807) is 17.0 Å².